The number of benzene rings is 2. The van der Waals surface area contributed by atoms with Crippen LogP contribution in [0.4, 0.5) is 0 Å². The van der Waals surface area contributed by atoms with Gasteiger partial charge in [-0.2, -0.15) is 0 Å². The van der Waals surface area contributed by atoms with Crippen LogP contribution in [0.1, 0.15) is 22.8 Å². The Kier molecular flexibility index (Phi) is 3.82. The Balaban J connectivity index is 2.23. The van der Waals surface area contributed by atoms with E-state index in [1.54, 1.807) is 24.3 Å². The summed E-state index contributed by atoms with van der Waals surface area (Å²) in [7, 11) is -1.48. The van der Waals surface area contributed by atoms with E-state index in [4.69, 9.17) is 10.0 Å². The molecule has 2 aromatic carbocycles. The zero-order valence-electron chi connectivity index (χ0n) is 10.1. The van der Waals surface area contributed by atoms with E-state index >= 15 is 0 Å². The van der Waals surface area contributed by atoms with E-state index < -0.39 is 13.2 Å². The maximum absolute atomic E-state index is 10.2. The SMILES string of the molecule is Cc1ccc([C@@H](O)c2ccc(B(O)O)cc2)cc1. The van der Waals surface area contributed by atoms with Crippen LogP contribution in [0.15, 0.2) is 48.5 Å². The number of rotatable bonds is 3. The van der Waals surface area contributed by atoms with Crippen molar-refractivity contribution in [2.45, 2.75) is 13.0 Å². The molecule has 0 spiro atoms. The molecule has 0 aliphatic heterocycles. The Morgan fingerprint density at radius 3 is 1.72 bits per heavy atom. The summed E-state index contributed by atoms with van der Waals surface area (Å²) >= 11 is 0. The quantitative estimate of drug-likeness (QED) is 0.696. The van der Waals surface area contributed by atoms with Crippen LogP contribution in [0.2, 0.25) is 0 Å². The van der Waals surface area contributed by atoms with Gasteiger partial charge in [0.2, 0.25) is 0 Å². The third-order valence-electron chi connectivity index (χ3n) is 2.94. The van der Waals surface area contributed by atoms with Crippen molar-refractivity contribution in [2.24, 2.45) is 0 Å². The van der Waals surface area contributed by atoms with Gasteiger partial charge in [0.1, 0.15) is 6.10 Å². The van der Waals surface area contributed by atoms with Crippen LogP contribution >= 0.6 is 0 Å². The molecule has 4 heteroatoms. The summed E-state index contributed by atoms with van der Waals surface area (Å²) in [6.07, 6.45) is -0.699. The molecule has 0 saturated heterocycles. The third kappa shape index (κ3) is 2.79. The lowest BCUT2D eigenvalue weighted by atomic mass is 9.80. The fourth-order valence-corrected chi connectivity index (χ4v) is 1.79. The van der Waals surface area contributed by atoms with Crippen molar-refractivity contribution in [2.75, 3.05) is 0 Å². The summed E-state index contributed by atoms with van der Waals surface area (Å²) in [5.74, 6) is 0. The zero-order valence-corrected chi connectivity index (χ0v) is 10.1. The molecule has 0 aliphatic carbocycles. The summed E-state index contributed by atoms with van der Waals surface area (Å²) < 4.78 is 0. The van der Waals surface area contributed by atoms with Gasteiger partial charge in [-0.1, -0.05) is 54.1 Å². The fourth-order valence-electron chi connectivity index (χ4n) is 1.79. The van der Waals surface area contributed by atoms with Gasteiger partial charge in [0.15, 0.2) is 0 Å². The molecule has 0 fully saturated rings. The molecule has 3 nitrogen and oxygen atoms in total. The summed E-state index contributed by atoms with van der Waals surface area (Å²) in [5, 5.41) is 28.2. The van der Waals surface area contributed by atoms with Crippen LogP contribution in [-0.2, 0) is 0 Å². The molecule has 2 aromatic rings. The molecule has 2 rings (SSSR count). The molecule has 0 unspecified atom stereocenters. The predicted octanol–water partition coefficient (Wildman–Crippen LogP) is 0.757. The first kappa shape index (κ1) is 12.8. The van der Waals surface area contributed by atoms with Crippen LogP contribution in [0, 0.1) is 6.92 Å². The van der Waals surface area contributed by atoms with Crippen LogP contribution < -0.4 is 5.46 Å². The van der Waals surface area contributed by atoms with E-state index in [1.165, 1.54) is 0 Å². The molecule has 0 aromatic heterocycles. The molecule has 0 heterocycles. The second-order valence-electron chi connectivity index (χ2n) is 4.35. The minimum Gasteiger partial charge on any atom is -0.423 e. The number of hydrogen-bond acceptors (Lipinski definition) is 3. The van der Waals surface area contributed by atoms with Gasteiger partial charge in [-0.25, -0.2) is 0 Å². The van der Waals surface area contributed by atoms with Gasteiger partial charge in [-0.15, -0.1) is 0 Å². The maximum atomic E-state index is 10.2. The highest BCUT2D eigenvalue weighted by molar-refractivity contribution is 6.58. The standard InChI is InChI=1S/C14H15BO3/c1-10-2-4-11(5-3-10)14(16)12-6-8-13(9-7-12)15(17)18/h2-9,14,16-18H,1H3/t14-/m1/s1. The van der Waals surface area contributed by atoms with Gasteiger partial charge in [0.05, 0.1) is 0 Å². The lowest BCUT2D eigenvalue weighted by Gasteiger charge is -2.12. The van der Waals surface area contributed by atoms with Crippen LogP contribution in [0.25, 0.3) is 0 Å². The van der Waals surface area contributed by atoms with Crippen LogP contribution in [0.5, 0.6) is 0 Å². The Bertz CT molecular complexity index is 506. The fraction of sp³-hybridized carbons (Fsp3) is 0.143. The second kappa shape index (κ2) is 5.35. The molecule has 0 bridgehead atoms. The third-order valence-corrected chi connectivity index (χ3v) is 2.94. The van der Waals surface area contributed by atoms with Gasteiger partial charge in [-0.05, 0) is 23.5 Å². The van der Waals surface area contributed by atoms with E-state index in [9.17, 15) is 5.11 Å². The number of aliphatic hydroxyl groups is 1. The summed E-state index contributed by atoms with van der Waals surface area (Å²) in [6, 6.07) is 14.2. The van der Waals surface area contributed by atoms with E-state index in [1.807, 2.05) is 31.2 Å². The average Bonchev–Trinajstić information content (AvgIpc) is 2.39. The molecule has 92 valence electrons. The molecule has 0 radical (unpaired) electrons. The number of hydrogen-bond donors (Lipinski definition) is 3. The Hall–Kier alpha value is -1.62. The molecule has 0 amide bonds. The van der Waals surface area contributed by atoms with E-state index in [0.717, 1.165) is 16.7 Å². The maximum Gasteiger partial charge on any atom is 0.488 e. The minimum atomic E-state index is -1.48. The molecule has 0 aliphatic rings. The van der Waals surface area contributed by atoms with Crippen LogP contribution in [0.3, 0.4) is 0 Å². The Labute approximate surface area is 106 Å². The lowest BCUT2D eigenvalue weighted by Crippen LogP contribution is -2.29. The molecular formula is C14H15BO3. The van der Waals surface area contributed by atoms with Crippen molar-refractivity contribution >= 4 is 12.6 Å². The predicted molar refractivity (Wildman–Crippen MR) is 71.5 cm³/mol. The molecular weight excluding hydrogens is 227 g/mol. The van der Waals surface area contributed by atoms with Gasteiger partial charge in [-0.3, -0.25) is 0 Å². The lowest BCUT2D eigenvalue weighted by molar-refractivity contribution is 0.220. The minimum absolute atomic E-state index is 0.412. The van der Waals surface area contributed by atoms with E-state index in [-0.39, 0.29) is 0 Å². The van der Waals surface area contributed by atoms with E-state index in [0.29, 0.717) is 5.46 Å². The largest absolute Gasteiger partial charge is 0.488 e. The van der Waals surface area contributed by atoms with Gasteiger partial charge < -0.3 is 15.2 Å². The van der Waals surface area contributed by atoms with Crippen molar-refractivity contribution in [1.29, 1.82) is 0 Å². The first-order chi connectivity index (χ1) is 8.58. The van der Waals surface area contributed by atoms with Crippen LogP contribution in [-0.4, -0.2) is 22.3 Å². The monoisotopic (exact) mass is 242 g/mol. The highest BCUT2D eigenvalue weighted by atomic mass is 16.4. The summed E-state index contributed by atoms with van der Waals surface area (Å²) in [6.45, 7) is 1.99. The van der Waals surface area contributed by atoms with Gasteiger partial charge in [0.25, 0.3) is 0 Å². The summed E-state index contributed by atoms with van der Waals surface area (Å²) in [4.78, 5) is 0. The molecule has 3 N–H and O–H groups in total. The second-order valence-corrected chi connectivity index (χ2v) is 4.35. The van der Waals surface area contributed by atoms with Gasteiger partial charge in [0, 0.05) is 0 Å². The number of aryl methyl sites for hydroxylation is 1. The van der Waals surface area contributed by atoms with Crippen molar-refractivity contribution in [1.82, 2.24) is 0 Å². The first-order valence-electron chi connectivity index (χ1n) is 5.78. The van der Waals surface area contributed by atoms with Crippen molar-refractivity contribution in [3.05, 3.63) is 65.2 Å². The Morgan fingerprint density at radius 2 is 1.28 bits per heavy atom. The molecule has 1 atom stereocenters. The van der Waals surface area contributed by atoms with E-state index in [2.05, 4.69) is 0 Å². The van der Waals surface area contributed by atoms with Crippen molar-refractivity contribution in [3.63, 3.8) is 0 Å². The normalized spacial score (nSPS) is 12.2. The molecule has 18 heavy (non-hydrogen) atoms. The summed E-state index contributed by atoms with van der Waals surface area (Å²) in [5.41, 5.74) is 3.10. The average molecular weight is 242 g/mol. The van der Waals surface area contributed by atoms with Gasteiger partial charge >= 0.3 is 7.12 Å². The Morgan fingerprint density at radius 1 is 0.833 bits per heavy atom. The van der Waals surface area contributed by atoms with Crippen molar-refractivity contribution in [3.8, 4) is 0 Å². The molecule has 0 saturated carbocycles. The zero-order chi connectivity index (χ0) is 13.1. The smallest absolute Gasteiger partial charge is 0.423 e. The number of aliphatic hydroxyl groups excluding tert-OH is 1. The topological polar surface area (TPSA) is 60.7 Å². The first-order valence-corrected chi connectivity index (χ1v) is 5.78. The highest BCUT2D eigenvalue weighted by Gasteiger charge is 2.13. The van der Waals surface area contributed by atoms with Crippen molar-refractivity contribution < 1.29 is 15.2 Å². The highest BCUT2D eigenvalue weighted by Crippen LogP contribution is 2.21.